The van der Waals surface area contributed by atoms with Crippen molar-refractivity contribution in [1.29, 1.82) is 0 Å². The Labute approximate surface area is 308 Å². The summed E-state index contributed by atoms with van der Waals surface area (Å²) in [4.78, 5) is 43.2. The van der Waals surface area contributed by atoms with Gasteiger partial charge in [-0.05, 0) is 51.5 Å². The van der Waals surface area contributed by atoms with Gasteiger partial charge in [0.2, 0.25) is 5.91 Å². The van der Waals surface area contributed by atoms with Crippen LogP contribution in [-0.2, 0) is 15.6 Å². The van der Waals surface area contributed by atoms with E-state index >= 15 is 0 Å². The summed E-state index contributed by atoms with van der Waals surface area (Å²) in [5.74, 6) is 0.294. The van der Waals surface area contributed by atoms with Gasteiger partial charge in [-0.2, -0.15) is 0 Å². The number of nitrogens with zero attached hydrogens (tertiary/aromatic N) is 2. The van der Waals surface area contributed by atoms with Crippen LogP contribution >= 0.6 is 0 Å². The van der Waals surface area contributed by atoms with Gasteiger partial charge in [0, 0.05) is 18.8 Å². The van der Waals surface area contributed by atoms with Crippen molar-refractivity contribution < 1.29 is 28.3 Å². The summed E-state index contributed by atoms with van der Waals surface area (Å²) >= 11 is 0. The van der Waals surface area contributed by atoms with Gasteiger partial charge in [0.1, 0.15) is 12.6 Å². The molecule has 0 radical (unpaired) electrons. The van der Waals surface area contributed by atoms with Crippen LogP contribution in [0.5, 0.6) is 11.5 Å². The zero-order chi connectivity index (χ0) is 37.2. The molecule has 0 aliphatic carbocycles. The minimum absolute atomic E-state index is 0.00998. The van der Waals surface area contributed by atoms with Gasteiger partial charge in [-0.3, -0.25) is 19.3 Å². The largest absolute Gasteiger partial charge is 0.493 e. The number of rotatable bonds is 11. The van der Waals surface area contributed by atoms with Crippen molar-refractivity contribution in [2.45, 2.75) is 58.2 Å². The normalized spacial score (nSPS) is 17.7. The van der Waals surface area contributed by atoms with Crippen molar-refractivity contribution in [2.75, 3.05) is 38.8 Å². The Hall–Kier alpha value is -4.93. The number of fused-ring (bicyclic) bond motifs is 2. The van der Waals surface area contributed by atoms with E-state index in [-0.39, 0.29) is 47.9 Å². The molecule has 0 spiro atoms. The predicted octanol–water partition coefficient (Wildman–Crippen LogP) is 5.45. The molecule has 52 heavy (non-hydrogen) atoms. The van der Waals surface area contributed by atoms with Gasteiger partial charge < -0.3 is 24.1 Å². The van der Waals surface area contributed by atoms with Crippen molar-refractivity contribution in [3.05, 3.63) is 114 Å². The van der Waals surface area contributed by atoms with E-state index in [4.69, 9.17) is 13.9 Å². The zero-order valence-corrected chi connectivity index (χ0v) is 32.1. The molecule has 10 heteroatoms. The number of hydrogen-bond acceptors (Lipinski definition) is 7. The van der Waals surface area contributed by atoms with Crippen LogP contribution in [0.3, 0.4) is 0 Å². The first-order valence-corrected chi connectivity index (χ1v) is 19.8. The molecular weight excluding hydrogens is 671 g/mol. The molecule has 9 nitrogen and oxygen atoms in total. The average Bonchev–Trinajstić information content (AvgIpc) is 3.36. The van der Waals surface area contributed by atoms with Gasteiger partial charge in [0.05, 0.1) is 37.4 Å². The Morgan fingerprint density at radius 1 is 0.827 bits per heavy atom. The highest BCUT2D eigenvalue weighted by Gasteiger charge is 2.50. The maximum atomic E-state index is 14.0. The molecule has 4 aromatic rings. The van der Waals surface area contributed by atoms with E-state index in [1.165, 1.54) is 15.3 Å². The summed E-state index contributed by atoms with van der Waals surface area (Å²) in [5.41, 5.74) is 2.64. The van der Waals surface area contributed by atoms with Crippen molar-refractivity contribution in [1.82, 2.24) is 10.2 Å². The van der Waals surface area contributed by atoms with Gasteiger partial charge in [0.25, 0.3) is 20.1 Å². The SMILES string of the molecule is COc1cc2c(cc1OCCN1C(=O)c3ccccc3C1=O)C[C@@H](CO[Si](c1ccccc1)(c1ccccc1)C(C)(C)C)NC(=O)[C@H](C(C)C)N2C. The second kappa shape index (κ2) is 15.0. The monoisotopic (exact) mass is 719 g/mol. The molecule has 3 amide bonds. The van der Waals surface area contributed by atoms with Gasteiger partial charge in [0.15, 0.2) is 11.5 Å². The number of nitrogens with one attached hydrogen (secondary N) is 1. The molecule has 2 atom stereocenters. The summed E-state index contributed by atoms with van der Waals surface area (Å²) in [6, 6.07) is 30.9. The number of carbonyl (C=O) groups excluding carboxylic acids is 3. The molecule has 0 aromatic heterocycles. The number of benzene rings is 4. The number of anilines is 1. The fourth-order valence-electron chi connectivity index (χ4n) is 7.81. The molecule has 1 N–H and O–H groups in total. The fourth-order valence-corrected chi connectivity index (χ4v) is 12.4. The van der Waals surface area contributed by atoms with Crippen LogP contribution in [0.25, 0.3) is 0 Å². The second-order valence-electron chi connectivity index (χ2n) is 15.0. The maximum absolute atomic E-state index is 14.0. The molecule has 6 rings (SSSR count). The number of methoxy groups -OCH3 is 1. The summed E-state index contributed by atoms with van der Waals surface area (Å²) in [5, 5.41) is 5.47. The molecular formula is C42H49N3O6Si. The summed E-state index contributed by atoms with van der Waals surface area (Å²) < 4.78 is 19.4. The van der Waals surface area contributed by atoms with Crippen LogP contribution in [0, 0.1) is 5.92 Å². The Morgan fingerprint density at radius 3 is 1.90 bits per heavy atom. The third kappa shape index (κ3) is 6.85. The van der Waals surface area contributed by atoms with Gasteiger partial charge >= 0.3 is 0 Å². The third-order valence-electron chi connectivity index (χ3n) is 10.2. The van der Waals surface area contributed by atoms with Gasteiger partial charge in [-0.25, -0.2) is 0 Å². The first-order chi connectivity index (χ1) is 24.9. The minimum atomic E-state index is -2.89. The molecule has 0 saturated carbocycles. The maximum Gasteiger partial charge on any atom is 0.261 e. The van der Waals surface area contributed by atoms with Crippen molar-refractivity contribution in [3.8, 4) is 11.5 Å². The van der Waals surface area contributed by atoms with Crippen LogP contribution < -0.4 is 30.1 Å². The van der Waals surface area contributed by atoms with Crippen molar-refractivity contribution in [2.24, 2.45) is 5.92 Å². The highest BCUT2D eigenvalue weighted by molar-refractivity contribution is 6.99. The van der Waals surface area contributed by atoms with Crippen molar-refractivity contribution in [3.63, 3.8) is 0 Å². The molecule has 2 aliphatic heterocycles. The van der Waals surface area contributed by atoms with E-state index in [1.807, 2.05) is 50.1 Å². The molecule has 0 unspecified atom stereocenters. The quantitative estimate of drug-likeness (QED) is 0.163. The van der Waals surface area contributed by atoms with Crippen LogP contribution in [0.1, 0.15) is 60.9 Å². The lowest BCUT2D eigenvalue weighted by molar-refractivity contribution is -0.124. The zero-order valence-electron chi connectivity index (χ0n) is 31.1. The average molecular weight is 720 g/mol. The Balaban J connectivity index is 1.32. The molecule has 2 aliphatic rings. The Kier molecular flexibility index (Phi) is 10.6. The highest BCUT2D eigenvalue weighted by atomic mass is 28.4. The Bertz CT molecular complexity index is 1850. The summed E-state index contributed by atoms with van der Waals surface area (Å²) in [7, 11) is 0.628. The molecule has 0 saturated heterocycles. The van der Waals surface area contributed by atoms with Gasteiger partial charge in [-0.15, -0.1) is 0 Å². The summed E-state index contributed by atoms with van der Waals surface area (Å²) in [6.07, 6.45) is 0.479. The van der Waals surface area contributed by atoms with Crippen LogP contribution in [0.15, 0.2) is 97.1 Å². The van der Waals surface area contributed by atoms with E-state index in [9.17, 15) is 14.4 Å². The summed E-state index contributed by atoms with van der Waals surface area (Å²) in [6.45, 7) is 11.3. The predicted molar refractivity (Wildman–Crippen MR) is 207 cm³/mol. The fraction of sp³-hybridized carbons (Fsp3) is 0.357. The lowest BCUT2D eigenvalue weighted by Gasteiger charge is -2.44. The topological polar surface area (TPSA) is 97.4 Å². The van der Waals surface area contributed by atoms with Crippen LogP contribution in [0.2, 0.25) is 5.04 Å². The lowest BCUT2D eigenvalue weighted by Crippen LogP contribution is -2.67. The van der Waals surface area contributed by atoms with E-state index in [2.05, 4.69) is 74.6 Å². The van der Waals surface area contributed by atoms with Crippen LogP contribution in [-0.4, -0.2) is 76.9 Å². The molecule has 2 heterocycles. The third-order valence-corrected chi connectivity index (χ3v) is 15.2. The van der Waals surface area contributed by atoms with E-state index in [1.54, 1.807) is 31.4 Å². The number of ether oxygens (including phenoxy) is 2. The lowest BCUT2D eigenvalue weighted by atomic mass is 9.95. The number of hydrogen-bond donors (Lipinski definition) is 1. The standard InChI is InChI=1S/C42H49N3O6Si/c1-28(2)38-39(46)43-30(27-51-52(42(3,4)5,31-16-10-8-11-17-31)32-18-12-9-13-19-32)24-29-25-37(36(49-7)26-35(29)44(38)6)50-23-22-45-40(47)33-20-14-15-21-34(33)41(45)48/h8-21,25-26,28,30,38H,22-24,27H2,1-7H3,(H,43,46)/t30-,38-/m0/s1. The van der Waals surface area contributed by atoms with Gasteiger partial charge in [-0.1, -0.05) is 107 Å². The number of likely N-dealkylation sites (N-methyl/N-ethyl adjacent to an activating group) is 1. The van der Waals surface area contributed by atoms with E-state index in [0.29, 0.717) is 35.7 Å². The smallest absolute Gasteiger partial charge is 0.261 e. The second-order valence-corrected chi connectivity index (χ2v) is 19.3. The first kappa shape index (κ1) is 36.8. The molecule has 0 fully saturated rings. The highest BCUT2D eigenvalue weighted by Crippen LogP contribution is 2.40. The Morgan fingerprint density at radius 2 is 1.38 bits per heavy atom. The van der Waals surface area contributed by atoms with E-state index < -0.39 is 14.4 Å². The first-order valence-electron chi connectivity index (χ1n) is 17.9. The van der Waals surface area contributed by atoms with E-state index in [0.717, 1.165) is 11.3 Å². The minimum Gasteiger partial charge on any atom is -0.493 e. The molecule has 272 valence electrons. The molecule has 0 bridgehead atoms. The number of carbonyl (C=O) groups is 3. The van der Waals surface area contributed by atoms with Crippen LogP contribution in [0.4, 0.5) is 5.69 Å². The number of amides is 3. The molecule has 4 aromatic carbocycles. The number of imide groups is 1. The van der Waals surface area contributed by atoms with Crippen molar-refractivity contribution >= 4 is 42.1 Å².